The molecule has 0 aromatic heterocycles. The minimum atomic E-state index is -0.550. The van der Waals surface area contributed by atoms with E-state index in [2.05, 4.69) is 0 Å². The summed E-state index contributed by atoms with van der Waals surface area (Å²) in [5, 5.41) is 0. The number of fused-ring (bicyclic) bond motifs is 1. The van der Waals surface area contributed by atoms with Crippen LogP contribution in [0, 0.1) is 11.8 Å². The molecule has 15 heavy (non-hydrogen) atoms. The van der Waals surface area contributed by atoms with E-state index in [0.29, 0.717) is 11.8 Å². The molecule has 2 rings (SSSR count). The highest BCUT2D eigenvalue weighted by Crippen LogP contribution is 2.65. The van der Waals surface area contributed by atoms with Gasteiger partial charge in [0.15, 0.2) is 0 Å². The number of rotatable bonds is 0. The Hall–Kier alpha value is -0.280. The summed E-state index contributed by atoms with van der Waals surface area (Å²) >= 11 is 12.0. The highest BCUT2D eigenvalue weighted by atomic mass is 35.5. The van der Waals surface area contributed by atoms with Crippen LogP contribution in [0.15, 0.2) is 0 Å². The van der Waals surface area contributed by atoms with Crippen molar-refractivity contribution in [3.8, 4) is 0 Å². The van der Waals surface area contributed by atoms with E-state index >= 15 is 0 Å². The number of hydrogen-bond acceptors (Lipinski definition) is 2. The standard InChI is InChI=1S/C8H11Cl2NO.C2H4O/c1-4-7-6(8(7,9)10)3-11(4)5(2)12;1-2-3/h4,6-7H,3H2,1-2H3;2H,1H3/t4?,6-,7+;/m0./s1. The molecule has 3 atom stereocenters. The zero-order valence-corrected chi connectivity index (χ0v) is 10.5. The molecule has 0 bridgehead atoms. The van der Waals surface area contributed by atoms with E-state index in [1.54, 1.807) is 6.92 Å². The fraction of sp³-hybridized carbons (Fsp3) is 0.800. The Morgan fingerprint density at radius 1 is 1.53 bits per heavy atom. The van der Waals surface area contributed by atoms with Gasteiger partial charge in [0.05, 0.1) is 0 Å². The highest BCUT2D eigenvalue weighted by molar-refractivity contribution is 6.51. The van der Waals surface area contributed by atoms with Crippen LogP contribution in [0.3, 0.4) is 0 Å². The lowest BCUT2D eigenvalue weighted by atomic mass is 10.2. The lowest BCUT2D eigenvalue weighted by Crippen LogP contribution is -2.37. The lowest BCUT2D eigenvalue weighted by Gasteiger charge is -2.25. The van der Waals surface area contributed by atoms with Crippen LogP contribution in [0.25, 0.3) is 0 Å². The molecular formula is C10H15Cl2NO2. The van der Waals surface area contributed by atoms with E-state index in [1.807, 2.05) is 11.8 Å². The van der Waals surface area contributed by atoms with Gasteiger partial charge in [0.25, 0.3) is 0 Å². The van der Waals surface area contributed by atoms with Crippen LogP contribution in [0.5, 0.6) is 0 Å². The van der Waals surface area contributed by atoms with E-state index in [4.69, 9.17) is 28.0 Å². The molecule has 1 saturated carbocycles. The van der Waals surface area contributed by atoms with E-state index in [0.717, 1.165) is 12.8 Å². The fourth-order valence-electron chi connectivity index (χ4n) is 2.30. The van der Waals surface area contributed by atoms with Crippen molar-refractivity contribution in [1.82, 2.24) is 4.90 Å². The number of carbonyl (C=O) groups excluding carboxylic acids is 2. The van der Waals surface area contributed by atoms with Gasteiger partial charge in [-0.3, -0.25) is 4.79 Å². The van der Waals surface area contributed by atoms with Gasteiger partial charge in [0.2, 0.25) is 5.91 Å². The number of carbonyl (C=O) groups is 2. The SMILES string of the molecule is CC(=O)N1C[C@H]2[C@@H](C1C)C2(Cl)Cl.CC=O. The number of nitrogens with zero attached hydrogens (tertiary/aromatic N) is 1. The smallest absolute Gasteiger partial charge is 0.219 e. The summed E-state index contributed by atoms with van der Waals surface area (Å²) in [6.45, 7) is 5.78. The minimum absolute atomic E-state index is 0.124. The van der Waals surface area contributed by atoms with Crippen molar-refractivity contribution in [1.29, 1.82) is 0 Å². The van der Waals surface area contributed by atoms with Crippen LogP contribution in [-0.4, -0.2) is 34.0 Å². The first-order valence-electron chi connectivity index (χ1n) is 4.92. The van der Waals surface area contributed by atoms with E-state index < -0.39 is 4.33 Å². The first kappa shape index (κ1) is 12.8. The van der Waals surface area contributed by atoms with Crippen LogP contribution in [-0.2, 0) is 9.59 Å². The molecule has 0 aromatic carbocycles. The Bertz CT molecular complexity index is 281. The molecule has 0 spiro atoms. The Morgan fingerprint density at radius 3 is 2.27 bits per heavy atom. The maximum Gasteiger partial charge on any atom is 0.219 e. The second-order valence-corrected chi connectivity index (χ2v) is 5.40. The summed E-state index contributed by atoms with van der Waals surface area (Å²) in [5.41, 5.74) is 0. The van der Waals surface area contributed by atoms with Crippen LogP contribution in [0.1, 0.15) is 20.8 Å². The number of aldehydes is 1. The van der Waals surface area contributed by atoms with E-state index in [-0.39, 0.29) is 11.9 Å². The summed E-state index contributed by atoms with van der Waals surface area (Å²) in [4.78, 5) is 21.7. The summed E-state index contributed by atoms with van der Waals surface area (Å²) in [6.07, 6.45) is 0.750. The average Bonchev–Trinajstić information content (AvgIpc) is 2.49. The van der Waals surface area contributed by atoms with Gasteiger partial charge >= 0.3 is 0 Å². The van der Waals surface area contributed by atoms with Crippen LogP contribution in [0.2, 0.25) is 0 Å². The van der Waals surface area contributed by atoms with Crippen molar-refractivity contribution < 1.29 is 9.59 Å². The molecule has 1 unspecified atom stereocenters. The quantitative estimate of drug-likeness (QED) is 0.487. The van der Waals surface area contributed by atoms with Crippen LogP contribution >= 0.6 is 23.2 Å². The van der Waals surface area contributed by atoms with Gasteiger partial charge in [0.1, 0.15) is 10.6 Å². The number of likely N-dealkylation sites (tertiary alicyclic amines) is 1. The Kier molecular flexibility index (Phi) is 3.67. The van der Waals surface area contributed by atoms with Crippen molar-refractivity contribution in [2.45, 2.75) is 31.1 Å². The maximum absolute atomic E-state index is 11.1. The van der Waals surface area contributed by atoms with Crippen molar-refractivity contribution in [2.24, 2.45) is 11.8 Å². The summed E-state index contributed by atoms with van der Waals surface area (Å²) in [7, 11) is 0. The summed E-state index contributed by atoms with van der Waals surface area (Å²) in [6, 6.07) is 0.211. The van der Waals surface area contributed by atoms with E-state index in [9.17, 15) is 4.79 Å². The predicted molar refractivity (Wildman–Crippen MR) is 60.0 cm³/mol. The molecule has 1 aliphatic heterocycles. The summed E-state index contributed by atoms with van der Waals surface area (Å²) < 4.78 is -0.550. The highest BCUT2D eigenvalue weighted by Gasteiger charge is 2.70. The Morgan fingerprint density at radius 2 is 2.00 bits per heavy atom. The van der Waals surface area contributed by atoms with Crippen molar-refractivity contribution in [2.75, 3.05) is 6.54 Å². The van der Waals surface area contributed by atoms with Gasteiger partial charge in [-0.15, -0.1) is 23.2 Å². The van der Waals surface area contributed by atoms with Gasteiger partial charge < -0.3 is 9.69 Å². The topological polar surface area (TPSA) is 37.4 Å². The molecule has 0 radical (unpaired) electrons. The molecule has 86 valence electrons. The molecule has 3 nitrogen and oxygen atoms in total. The largest absolute Gasteiger partial charge is 0.339 e. The van der Waals surface area contributed by atoms with Gasteiger partial charge in [-0.05, 0) is 13.8 Å². The van der Waals surface area contributed by atoms with Gasteiger partial charge in [-0.25, -0.2) is 0 Å². The molecule has 1 saturated heterocycles. The van der Waals surface area contributed by atoms with E-state index in [1.165, 1.54) is 6.92 Å². The number of piperidine rings is 1. The van der Waals surface area contributed by atoms with Gasteiger partial charge in [-0.1, -0.05) is 0 Å². The number of hydrogen-bond donors (Lipinski definition) is 0. The molecular weight excluding hydrogens is 237 g/mol. The second kappa shape index (κ2) is 4.30. The van der Waals surface area contributed by atoms with Gasteiger partial charge in [0, 0.05) is 31.3 Å². The fourth-order valence-corrected chi connectivity index (χ4v) is 3.25. The second-order valence-electron chi connectivity index (χ2n) is 3.95. The predicted octanol–water partition coefficient (Wildman–Crippen LogP) is 1.86. The average molecular weight is 252 g/mol. The third-order valence-electron chi connectivity index (χ3n) is 3.07. The molecule has 0 N–H and O–H groups in total. The Balaban J connectivity index is 0.000000337. The van der Waals surface area contributed by atoms with Crippen molar-refractivity contribution >= 4 is 35.4 Å². The van der Waals surface area contributed by atoms with Crippen LogP contribution < -0.4 is 0 Å². The molecule has 2 fully saturated rings. The summed E-state index contributed by atoms with van der Waals surface area (Å²) in [5.74, 6) is 0.725. The number of alkyl halides is 2. The minimum Gasteiger partial charge on any atom is -0.339 e. The number of halogens is 2. The maximum atomic E-state index is 11.1. The first-order valence-corrected chi connectivity index (χ1v) is 5.68. The molecule has 0 aromatic rings. The monoisotopic (exact) mass is 251 g/mol. The Labute approximate surface area is 99.7 Å². The molecule has 1 heterocycles. The molecule has 1 aliphatic carbocycles. The van der Waals surface area contributed by atoms with Gasteiger partial charge in [-0.2, -0.15) is 0 Å². The normalized spacial score (nSPS) is 35.0. The molecule has 5 heteroatoms. The van der Waals surface area contributed by atoms with Crippen LogP contribution in [0.4, 0.5) is 0 Å². The zero-order chi connectivity index (χ0) is 11.8. The molecule has 1 amide bonds. The molecule has 2 aliphatic rings. The third-order valence-corrected chi connectivity index (χ3v) is 4.14. The lowest BCUT2D eigenvalue weighted by molar-refractivity contribution is -0.130. The zero-order valence-electron chi connectivity index (χ0n) is 9.04. The third kappa shape index (κ3) is 2.13. The number of amides is 1. The van der Waals surface area contributed by atoms with Crippen molar-refractivity contribution in [3.63, 3.8) is 0 Å². The van der Waals surface area contributed by atoms with Crippen molar-refractivity contribution in [3.05, 3.63) is 0 Å². The first-order chi connectivity index (χ1) is 6.87.